The maximum atomic E-state index is 13.3. The minimum Gasteiger partial charge on any atom is -0.334 e. The fourth-order valence-electron chi connectivity index (χ4n) is 3.45. The number of aromatic nitrogens is 1. The van der Waals surface area contributed by atoms with Crippen LogP contribution in [0.5, 0.6) is 0 Å². The second-order valence-electron chi connectivity index (χ2n) is 6.95. The van der Waals surface area contributed by atoms with E-state index in [1.807, 2.05) is 41.3 Å². The number of hydrogen-bond acceptors (Lipinski definition) is 2. The topological polar surface area (TPSA) is 37.6 Å². The van der Waals surface area contributed by atoms with Gasteiger partial charge >= 0.3 is 0 Å². The van der Waals surface area contributed by atoms with Gasteiger partial charge in [-0.15, -0.1) is 0 Å². The van der Waals surface area contributed by atoms with E-state index in [-0.39, 0.29) is 5.91 Å². The van der Waals surface area contributed by atoms with Gasteiger partial charge < -0.3 is 9.80 Å². The van der Waals surface area contributed by atoms with Crippen LogP contribution in [0.15, 0.2) is 48.5 Å². The van der Waals surface area contributed by atoms with Gasteiger partial charge in [-0.2, -0.15) is 0 Å². The Morgan fingerprint density at radius 3 is 2.56 bits per heavy atom. The van der Waals surface area contributed by atoms with E-state index in [0.29, 0.717) is 21.3 Å². The Morgan fingerprint density at radius 1 is 1.07 bits per heavy atom. The summed E-state index contributed by atoms with van der Waals surface area (Å²) in [5.74, 6) is 0.0486. The van der Waals surface area contributed by atoms with Crippen molar-refractivity contribution in [3.05, 3.63) is 64.1 Å². The van der Waals surface area contributed by atoms with Crippen LogP contribution in [-0.2, 0) is 0 Å². The fourth-order valence-corrected chi connectivity index (χ4v) is 3.95. The minimum atomic E-state index is 0.0486. The zero-order valence-electron chi connectivity index (χ0n) is 15.0. The average molecular weight is 401 g/mol. The number of nitrogens with one attached hydrogen (secondary N) is 1. The summed E-state index contributed by atoms with van der Waals surface area (Å²) < 4.78 is 0. The monoisotopic (exact) mass is 400 g/mol. The van der Waals surface area contributed by atoms with Crippen LogP contribution in [-0.4, -0.2) is 49.0 Å². The number of amides is 1. The number of carbonyl (C=O) groups excluding carboxylic acids is 1. The minimum absolute atomic E-state index is 0.0486. The standard InChI is InChI=1S/C21H19Cl2N3O/c1-25-8-10-26(11-9-25)21(27)17-13-20(16-7-6-14(22)12-18(16)23)24-19-5-3-2-4-15(17)19/h2-7,12-13H,8-11H2,1H3/p+1. The van der Waals surface area contributed by atoms with Gasteiger partial charge in [0.05, 0.1) is 55.0 Å². The van der Waals surface area contributed by atoms with E-state index in [1.165, 1.54) is 4.90 Å². The first kappa shape index (κ1) is 18.2. The molecule has 138 valence electrons. The number of likely N-dealkylation sites (N-methyl/N-ethyl adjacent to an activating group) is 1. The van der Waals surface area contributed by atoms with Gasteiger partial charge in [0, 0.05) is 16.0 Å². The fraction of sp³-hybridized carbons (Fsp3) is 0.238. The summed E-state index contributed by atoms with van der Waals surface area (Å²) in [6.07, 6.45) is 0. The lowest BCUT2D eigenvalue weighted by molar-refractivity contribution is -0.883. The molecule has 1 aliphatic rings. The predicted octanol–water partition coefficient (Wildman–Crippen LogP) is 3.18. The maximum absolute atomic E-state index is 13.3. The van der Waals surface area contributed by atoms with E-state index < -0.39 is 0 Å². The molecule has 2 aromatic carbocycles. The second-order valence-corrected chi connectivity index (χ2v) is 7.79. The molecule has 1 aliphatic heterocycles. The Balaban J connectivity index is 1.83. The third kappa shape index (κ3) is 3.65. The lowest BCUT2D eigenvalue weighted by Crippen LogP contribution is -3.12. The molecule has 0 saturated carbocycles. The summed E-state index contributed by atoms with van der Waals surface area (Å²) in [4.78, 5) is 21.4. The molecule has 1 fully saturated rings. The van der Waals surface area contributed by atoms with Crippen LogP contribution < -0.4 is 4.90 Å². The molecule has 4 rings (SSSR count). The number of nitrogens with zero attached hydrogens (tertiary/aromatic N) is 2. The summed E-state index contributed by atoms with van der Waals surface area (Å²) in [6, 6.07) is 14.9. The first-order valence-electron chi connectivity index (χ1n) is 8.99. The maximum Gasteiger partial charge on any atom is 0.255 e. The Kier molecular flexibility index (Phi) is 5.04. The van der Waals surface area contributed by atoms with E-state index in [0.717, 1.165) is 42.6 Å². The lowest BCUT2D eigenvalue weighted by atomic mass is 10.0. The van der Waals surface area contributed by atoms with Crippen molar-refractivity contribution >= 4 is 40.0 Å². The highest BCUT2D eigenvalue weighted by Gasteiger charge is 2.24. The van der Waals surface area contributed by atoms with Crippen molar-refractivity contribution in [3.63, 3.8) is 0 Å². The lowest BCUT2D eigenvalue weighted by Gasteiger charge is -2.30. The summed E-state index contributed by atoms with van der Waals surface area (Å²) >= 11 is 12.4. The van der Waals surface area contributed by atoms with Crippen LogP contribution >= 0.6 is 23.2 Å². The van der Waals surface area contributed by atoms with Crippen LogP contribution in [0.4, 0.5) is 0 Å². The number of para-hydroxylation sites is 1. The van der Waals surface area contributed by atoms with Gasteiger partial charge in [-0.05, 0) is 30.3 Å². The number of fused-ring (bicyclic) bond motifs is 1. The van der Waals surface area contributed by atoms with Crippen molar-refractivity contribution < 1.29 is 9.69 Å². The molecular formula is C21H20Cl2N3O+. The molecule has 0 aliphatic carbocycles. The van der Waals surface area contributed by atoms with Crippen LogP contribution in [0.3, 0.4) is 0 Å². The highest BCUT2D eigenvalue weighted by atomic mass is 35.5. The molecule has 4 nitrogen and oxygen atoms in total. The molecular weight excluding hydrogens is 381 g/mol. The number of pyridine rings is 1. The molecule has 0 unspecified atom stereocenters. The van der Waals surface area contributed by atoms with E-state index in [1.54, 1.807) is 12.1 Å². The largest absolute Gasteiger partial charge is 0.334 e. The summed E-state index contributed by atoms with van der Waals surface area (Å²) in [6.45, 7) is 3.45. The van der Waals surface area contributed by atoms with Crippen LogP contribution in [0.2, 0.25) is 10.0 Å². The first-order chi connectivity index (χ1) is 13.0. The van der Waals surface area contributed by atoms with Gasteiger partial charge in [0.1, 0.15) is 0 Å². The molecule has 3 aromatic rings. The highest BCUT2D eigenvalue weighted by Crippen LogP contribution is 2.32. The molecule has 27 heavy (non-hydrogen) atoms. The van der Waals surface area contributed by atoms with Crippen LogP contribution in [0.1, 0.15) is 10.4 Å². The second kappa shape index (κ2) is 7.47. The van der Waals surface area contributed by atoms with Crippen molar-refractivity contribution in [1.29, 1.82) is 0 Å². The van der Waals surface area contributed by atoms with Gasteiger partial charge in [-0.1, -0.05) is 41.4 Å². The van der Waals surface area contributed by atoms with E-state index in [9.17, 15) is 4.79 Å². The molecule has 0 spiro atoms. The quantitative estimate of drug-likeness (QED) is 0.717. The molecule has 0 atom stereocenters. The van der Waals surface area contributed by atoms with Gasteiger partial charge in [-0.3, -0.25) is 4.79 Å². The Morgan fingerprint density at radius 2 is 1.81 bits per heavy atom. The predicted molar refractivity (Wildman–Crippen MR) is 110 cm³/mol. The smallest absolute Gasteiger partial charge is 0.255 e. The molecule has 6 heteroatoms. The third-order valence-corrected chi connectivity index (χ3v) is 5.61. The number of benzene rings is 2. The Bertz CT molecular complexity index is 1010. The average Bonchev–Trinajstić information content (AvgIpc) is 2.67. The molecule has 2 heterocycles. The Hall–Kier alpha value is -2.14. The molecule has 1 aromatic heterocycles. The zero-order valence-corrected chi connectivity index (χ0v) is 16.5. The summed E-state index contributed by atoms with van der Waals surface area (Å²) in [5, 5.41) is 1.95. The molecule has 0 radical (unpaired) electrons. The van der Waals surface area contributed by atoms with E-state index in [4.69, 9.17) is 28.2 Å². The van der Waals surface area contributed by atoms with Crippen molar-refractivity contribution in [3.8, 4) is 11.3 Å². The van der Waals surface area contributed by atoms with Crippen molar-refractivity contribution in [1.82, 2.24) is 9.88 Å². The number of hydrogen-bond donors (Lipinski definition) is 1. The zero-order chi connectivity index (χ0) is 19.0. The van der Waals surface area contributed by atoms with Gasteiger partial charge in [0.2, 0.25) is 0 Å². The molecule has 1 saturated heterocycles. The van der Waals surface area contributed by atoms with E-state index >= 15 is 0 Å². The molecule has 1 N–H and O–H groups in total. The van der Waals surface area contributed by atoms with Crippen LogP contribution in [0, 0.1) is 0 Å². The van der Waals surface area contributed by atoms with E-state index in [2.05, 4.69) is 7.05 Å². The Labute approximate surface area is 168 Å². The van der Waals surface area contributed by atoms with Crippen molar-refractivity contribution in [2.45, 2.75) is 0 Å². The number of rotatable bonds is 2. The SMILES string of the molecule is C[NH+]1CCN(C(=O)c2cc(-c3ccc(Cl)cc3Cl)nc3ccccc23)CC1. The molecule has 1 amide bonds. The highest BCUT2D eigenvalue weighted by molar-refractivity contribution is 6.36. The third-order valence-electron chi connectivity index (χ3n) is 5.06. The number of carbonyl (C=O) groups is 1. The van der Waals surface area contributed by atoms with Gasteiger partial charge in [0.25, 0.3) is 5.91 Å². The van der Waals surface area contributed by atoms with Gasteiger partial charge in [-0.25, -0.2) is 4.98 Å². The van der Waals surface area contributed by atoms with Crippen LogP contribution in [0.25, 0.3) is 22.2 Å². The summed E-state index contributed by atoms with van der Waals surface area (Å²) in [7, 11) is 2.16. The number of halogens is 2. The molecule has 0 bridgehead atoms. The number of piperazine rings is 1. The normalized spacial score (nSPS) is 15.3. The van der Waals surface area contributed by atoms with Crippen molar-refractivity contribution in [2.24, 2.45) is 0 Å². The van der Waals surface area contributed by atoms with Gasteiger partial charge in [0.15, 0.2) is 0 Å². The van der Waals surface area contributed by atoms with Crippen molar-refractivity contribution in [2.75, 3.05) is 33.2 Å². The first-order valence-corrected chi connectivity index (χ1v) is 9.74. The summed E-state index contributed by atoms with van der Waals surface area (Å²) in [5.41, 5.74) is 2.90. The number of quaternary nitrogens is 1.